The van der Waals surface area contributed by atoms with Crippen molar-refractivity contribution in [3.63, 3.8) is 0 Å². The highest BCUT2D eigenvalue weighted by molar-refractivity contribution is 5.91. The molecule has 1 heterocycles. The molecule has 0 aliphatic carbocycles. The van der Waals surface area contributed by atoms with E-state index in [0.717, 1.165) is 16.9 Å². The first-order valence-corrected chi connectivity index (χ1v) is 8.65. The Hall–Kier alpha value is -3.34. The molecule has 5 nitrogen and oxygen atoms in total. The Bertz CT molecular complexity index is 913. The Balaban J connectivity index is 1.53. The monoisotopic (exact) mass is 363 g/mol. The van der Waals surface area contributed by atoms with Gasteiger partial charge in [-0.15, -0.1) is 0 Å². The summed E-state index contributed by atoms with van der Waals surface area (Å²) in [7, 11) is 1.64. The fraction of sp³-hybridized carbons (Fsp3) is 0.182. The maximum absolute atomic E-state index is 12.2. The number of hydrogen-bond donors (Lipinski definition) is 0. The van der Waals surface area contributed by atoms with Crippen LogP contribution in [0.3, 0.4) is 0 Å². The highest BCUT2D eigenvalue weighted by atomic mass is 16.5. The number of aryl methyl sites for hydroxylation is 1. The van der Waals surface area contributed by atoms with Gasteiger partial charge in [0.15, 0.2) is 6.61 Å². The first kappa shape index (κ1) is 18.5. The lowest BCUT2D eigenvalue weighted by atomic mass is 10.0. The summed E-state index contributed by atoms with van der Waals surface area (Å²) >= 11 is 0. The summed E-state index contributed by atoms with van der Waals surface area (Å²) < 4.78 is 10.6. The number of benzene rings is 2. The van der Waals surface area contributed by atoms with Crippen LogP contribution in [0.5, 0.6) is 0 Å². The minimum atomic E-state index is -0.523. The Morgan fingerprint density at radius 3 is 2.22 bits per heavy atom. The van der Waals surface area contributed by atoms with Gasteiger partial charge in [0.25, 0.3) is 5.91 Å². The average molecular weight is 363 g/mol. The van der Waals surface area contributed by atoms with E-state index in [2.05, 4.69) is 0 Å². The molecule has 1 amide bonds. The van der Waals surface area contributed by atoms with Crippen LogP contribution in [-0.2, 0) is 16.1 Å². The Kier molecular flexibility index (Phi) is 5.71. The first-order valence-electron chi connectivity index (χ1n) is 8.65. The maximum Gasteiger partial charge on any atom is 0.338 e. The van der Waals surface area contributed by atoms with Crippen molar-refractivity contribution in [3.8, 4) is 11.1 Å². The fourth-order valence-electron chi connectivity index (χ4n) is 2.64. The van der Waals surface area contributed by atoms with E-state index in [1.165, 1.54) is 4.90 Å². The summed E-state index contributed by atoms with van der Waals surface area (Å²) in [6, 6.07) is 20.7. The van der Waals surface area contributed by atoms with E-state index >= 15 is 0 Å². The van der Waals surface area contributed by atoms with Crippen molar-refractivity contribution in [1.29, 1.82) is 0 Å². The second-order valence-corrected chi connectivity index (χ2v) is 6.28. The van der Waals surface area contributed by atoms with Crippen molar-refractivity contribution in [2.24, 2.45) is 0 Å². The van der Waals surface area contributed by atoms with Crippen molar-refractivity contribution < 1.29 is 18.7 Å². The van der Waals surface area contributed by atoms with Gasteiger partial charge >= 0.3 is 5.97 Å². The molecule has 3 aromatic rings. The molecule has 0 atom stereocenters. The Morgan fingerprint density at radius 2 is 1.59 bits per heavy atom. The van der Waals surface area contributed by atoms with Crippen LogP contribution in [0.15, 0.2) is 71.1 Å². The van der Waals surface area contributed by atoms with Gasteiger partial charge in [-0.2, -0.15) is 0 Å². The first-order chi connectivity index (χ1) is 13.0. The number of furan rings is 1. The van der Waals surface area contributed by atoms with Crippen LogP contribution >= 0.6 is 0 Å². The van der Waals surface area contributed by atoms with Crippen molar-refractivity contribution >= 4 is 11.9 Å². The normalized spacial score (nSPS) is 10.4. The smallest absolute Gasteiger partial charge is 0.338 e. The van der Waals surface area contributed by atoms with Crippen LogP contribution in [0, 0.1) is 6.92 Å². The van der Waals surface area contributed by atoms with Crippen LogP contribution in [-0.4, -0.2) is 30.4 Å². The van der Waals surface area contributed by atoms with Gasteiger partial charge in [0.05, 0.1) is 12.1 Å². The molecule has 2 aromatic carbocycles. The molecule has 0 aliphatic rings. The van der Waals surface area contributed by atoms with Gasteiger partial charge < -0.3 is 14.1 Å². The van der Waals surface area contributed by atoms with Crippen molar-refractivity contribution in [2.75, 3.05) is 13.7 Å². The summed E-state index contributed by atoms with van der Waals surface area (Å²) in [5.41, 5.74) is 2.49. The summed E-state index contributed by atoms with van der Waals surface area (Å²) in [6.45, 7) is 1.86. The third kappa shape index (κ3) is 4.85. The number of likely N-dealkylation sites (N-methyl/N-ethyl adjacent to an activating group) is 1. The Labute approximate surface area is 158 Å². The van der Waals surface area contributed by atoms with Gasteiger partial charge in [0, 0.05) is 7.05 Å². The lowest BCUT2D eigenvalue weighted by Gasteiger charge is -2.15. The molecule has 1 aromatic heterocycles. The summed E-state index contributed by atoms with van der Waals surface area (Å²) in [5.74, 6) is 0.658. The molecule has 0 radical (unpaired) electrons. The largest absolute Gasteiger partial charge is 0.464 e. The number of hydrogen-bond acceptors (Lipinski definition) is 4. The molecule has 0 spiro atoms. The molecule has 27 heavy (non-hydrogen) atoms. The van der Waals surface area contributed by atoms with Crippen molar-refractivity contribution in [1.82, 2.24) is 4.90 Å². The third-order valence-electron chi connectivity index (χ3n) is 4.17. The number of rotatable bonds is 6. The maximum atomic E-state index is 12.2. The number of amides is 1. The molecule has 0 aliphatic heterocycles. The van der Waals surface area contributed by atoms with Crippen LogP contribution in [0.4, 0.5) is 0 Å². The summed E-state index contributed by atoms with van der Waals surface area (Å²) in [4.78, 5) is 25.8. The lowest BCUT2D eigenvalue weighted by Crippen LogP contribution is -2.30. The van der Waals surface area contributed by atoms with Gasteiger partial charge in [-0.3, -0.25) is 4.79 Å². The van der Waals surface area contributed by atoms with Crippen LogP contribution < -0.4 is 0 Å². The predicted octanol–water partition coefficient (Wildman–Crippen LogP) is 4.07. The van der Waals surface area contributed by atoms with E-state index in [4.69, 9.17) is 9.15 Å². The molecular weight excluding hydrogens is 342 g/mol. The zero-order valence-corrected chi connectivity index (χ0v) is 15.3. The van der Waals surface area contributed by atoms with E-state index in [-0.39, 0.29) is 12.5 Å². The number of carbonyl (C=O) groups is 2. The zero-order chi connectivity index (χ0) is 19.2. The third-order valence-corrected chi connectivity index (χ3v) is 4.17. The molecule has 0 N–H and O–H groups in total. The van der Waals surface area contributed by atoms with E-state index in [0.29, 0.717) is 17.9 Å². The minimum Gasteiger partial charge on any atom is -0.464 e. The number of nitrogens with zero attached hydrogens (tertiary/aromatic N) is 1. The minimum absolute atomic E-state index is 0.293. The molecule has 0 unspecified atom stereocenters. The quantitative estimate of drug-likeness (QED) is 0.620. The van der Waals surface area contributed by atoms with Gasteiger partial charge in [0.1, 0.15) is 11.5 Å². The highest BCUT2D eigenvalue weighted by Crippen LogP contribution is 2.19. The topological polar surface area (TPSA) is 59.8 Å². The summed E-state index contributed by atoms with van der Waals surface area (Å²) in [5, 5.41) is 0. The molecular formula is C22H21NO4. The molecule has 138 valence electrons. The van der Waals surface area contributed by atoms with E-state index in [1.54, 1.807) is 19.2 Å². The standard InChI is InChI=1S/C22H21NO4/c1-16-8-13-20(27-16)14-23(2)21(24)15-26-22(25)19-11-9-18(10-12-19)17-6-4-3-5-7-17/h3-13H,14-15H2,1-2H3. The second-order valence-electron chi connectivity index (χ2n) is 6.28. The summed E-state index contributed by atoms with van der Waals surface area (Å²) in [6.07, 6.45) is 0. The van der Waals surface area contributed by atoms with Gasteiger partial charge in [-0.25, -0.2) is 4.79 Å². The second kappa shape index (κ2) is 8.36. The fourth-order valence-corrected chi connectivity index (χ4v) is 2.64. The number of carbonyl (C=O) groups excluding carboxylic acids is 2. The van der Waals surface area contributed by atoms with E-state index < -0.39 is 5.97 Å². The zero-order valence-electron chi connectivity index (χ0n) is 15.3. The molecule has 0 saturated carbocycles. The van der Waals surface area contributed by atoms with Crippen LogP contribution in [0.1, 0.15) is 21.9 Å². The number of ether oxygens (including phenoxy) is 1. The van der Waals surface area contributed by atoms with Crippen LogP contribution in [0.2, 0.25) is 0 Å². The van der Waals surface area contributed by atoms with E-state index in [1.807, 2.05) is 61.5 Å². The van der Waals surface area contributed by atoms with E-state index in [9.17, 15) is 9.59 Å². The average Bonchev–Trinajstić information content (AvgIpc) is 3.11. The predicted molar refractivity (Wildman–Crippen MR) is 102 cm³/mol. The molecule has 0 bridgehead atoms. The van der Waals surface area contributed by atoms with Crippen molar-refractivity contribution in [2.45, 2.75) is 13.5 Å². The molecule has 0 saturated heterocycles. The number of esters is 1. The molecule has 3 rings (SSSR count). The Morgan fingerprint density at radius 1 is 0.926 bits per heavy atom. The van der Waals surface area contributed by atoms with Gasteiger partial charge in [0.2, 0.25) is 0 Å². The SMILES string of the molecule is Cc1ccc(CN(C)C(=O)COC(=O)c2ccc(-c3ccccc3)cc2)o1. The van der Waals surface area contributed by atoms with Crippen molar-refractivity contribution in [3.05, 3.63) is 83.8 Å². The van der Waals surface area contributed by atoms with Gasteiger partial charge in [-0.1, -0.05) is 42.5 Å². The highest BCUT2D eigenvalue weighted by Gasteiger charge is 2.15. The molecule has 0 fully saturated rings. The lowest BCUT2D eigenvalue weighted by molar-refractivity contribution is -0.134. The van der Waals surface area contributed by atoms with Gasteiger partial charge in [-0.05, 0) is 42.3 Å². The molecule has 5 heteroatoms. The van der Waals surface area contributed by atoms with Crippen LogP contribution in [0.25, 0.3) is 11.1 Å².